The fraction of sp³-hybridized carbons (Fsp3) is 0.409. The highest BCUT2D eigenvalue weighted by atomic mass is 35.5. The minimum absolute atomic E-state index is 0. The number of nitrogens with zero attached hydrogens (tertiary/aromatic N) is 4. The van der Waals surface area contributed by atoms with Gasteiger partial charge in [-0.05, 0) is 44.0 Å². The van der Waals surface area contributed by atoms with Gasteiger partial charge in [0.2, 0.25) is 0 Å². The van der Waals surface area contributed by atoms with Crippen molar-refractivity contribution < 1.29 is 18.7 Å². The van der Waals surface area contributed by atoms with E-state index in [-0.39, 0.29) is 47.2 Å². The number of piperazine rings is 1. The highest BCUT2D eigenvalue weighted by Crippen LogP contribution is 2.32. The number of amides is 2. The van der Waals surface area contributed by atoms with Gasteiger partial charge in [-0.1, -0.05) is 17.7 Å². The van der Waals surface area contributed by atoms with E-state index >= 15 is 0 Å². The molecule has 0 aliphatic carbocycles. The van der Waals surface area contributed by atoms with Crippen molar-refractivity contribution in [1.29, 1.82) is 0 Å². The van der Waals surface area contributed by atoms with Gasteiger partial charge in [0.1, 0.15) is 18.2 Å². The van der Waals surface area contributed by atoms with Crippen LogP contribution in [0, 0.1) is 19.7 Å². The number of pyridine rings is 1. The molecular formula is C22H25Cl2FN4O3. The fourth-order valence-electron chi connectivity index (χ4n) is 4.07. The van der Waals surface area contributed by atoms with E-state index in [0.29, 0.717) is 26.2 Å². The molecule has 1 atom stereocenters. The first-order chi connectivity index (χ1) is 14.8. The molecule has 172 valence electrons. The van der Waals surface area contributed by atoms with Gasteiger partial charge in [0.25, 0.3) is 5.91 Å². The van der Waals surface area contributed by atoms with Crippen LogP contribution >= 0.6 is 24.0 Å². The minimum Gasteiger partial charge on any atom is -0.447 e. The molecule has 10 heteroatoms. The molecule has 0 N–H and O–H groups in total. The Hall–Kier alpha value is -2.58. The lowest BCUT2D eigenvalue weighted by Crippen LogP contribution is -2.49. The molecular weight excluding hydrogens is 458 g/mol. The summed E-state index contributed by atoms with van der Waals surface area (Å²) in [7, 11) is 0. The Bertz CT molecular complexity index is 1040. The van der Waals surface area contributed by atoms with E-state index in [9.17, 15) is 14.0 Å². The lowest BCUT2D eigenvalue weighted by molar-refractivity contribution is 0.0746. The van der Waals surface area contributed by atoms with Crippen molar-refractivity contribution >= 4 is 47.5 Å². The van der Waals surface area contributed by atoms with Gasteiger partial charge < -0.3 is 14.5 Å². The average Bonchev–Trinajstić information content (AvgIpc) is 3.07. The highest BCUT2D eigenvalue weighted by Gasteiger charge is 2.34. The average molecular weight is 483 g/mol. The van der Waals surface area contributed by atoms with Crippen LogP contribution < -0.4 is 9.80 Å². The van der Waals surface area contributed by atoms with E-state index in [1.165, 1.54) is 11.0 Å². The van der Waals surface area contributed by atoms with Gasteiger partial charge in [0.05, 0.1) is 22.3 Å². The molecule has 32 heavy (non-hydrogen) atoms. The van der Waals surface area contributed by atoms with Crippen molar-refractivity contribution in [3.63, 3.8) is 0 Å². The molecule has 2 aliphatic rings. The first-order valence-corrected chi connectivity index (χ1v) is 10.6. The van der Waals surface area contributed by atoms with Crippen molar-refractivity contribution in [3.8, 4) is 0 Å². The number of hydrogen-bond acceptors (Lipinski definition) is 5. The Morgan fingerprint density at radius 1 is 1.19 bits per heavy atom. The van der Waals surface area contributed by atoms with Crippen LogP contribution in [0.2, 0.25) is 5.02 Å². The number of aromatic nitrogens is 1. The SMILES string of the molecule is Cc1cnc(N2CCN(C(=O)c3cc(F)c(N4C(=O)OCC4C)cc3Cl)CC2)c(C)c1.Cl. The molecule has 7 nitrogen and oxygen atoms in total. The van der Waals surface area contributed by atoms with Crippen molar-refractivity contribution in [2.24, 2.45) is 0 Å². The van der Waals surface area contributed by atoms with Crippen LogP contribution in [-0.4, -0.2) is 60.7 Å². The minimum atomic E-state index is -0.684. The molecule has 1 aromatic carbocycles. The molecule has 1 unspecified atom stereocenters. The normalized spacial score (nSPS) is 18.5. The third-order valence-electron chi connectivity index (χ3n) is 5.67. The third-order valence-corrected chi connectivity index (χ3v) is 5.98. The van der Waals surface area contributed by atoms with Gasteiger partial charge in [-0.15, -0.1) is 12.4 Å². The van der Waals surface area contributed by atoms with Crippen LogP contribution in [0.5, 0.6) is 0 Å². The fourth-order valence-corrected chi connectivity index (χ4v) is 4.31. The number of ether oxygens (including phenoxy) is 1. The summed E-state index contributed by atoms with van der Waals surface area (Å²) in [6.45, 7) is 8.15. The van der Waals surface area contributed by atoms with E-state index in [0.717, 1.165) is 23.0 Å². The summed E-state index contributed by atoms with van der Waals surface area (Å²) in [4.78, 5) is 34.5. The number of aryl methyl sites for hydroxylation is 2. The molecule has 0 radical (unpaired) electrons. The predicted molar refractivity (Wildman–Crippen MR) is 124 cm³/mol. The van der Waals surface area contributed by atoms with Crippen LogP contribution in [-0.2, 0) is 4.74 Å². The molecule has 2 amide bonds. The number of anilines is 2. The van der Waals surface area contributed by atoms with Gasteiger partial charge in [0, 0.05) is 32.4 Å². The van der Waals surface area contributed by atoms with E-state index in [4.69, 9.17) is 16.3 Å². The Morgan fingerprint density at radius 2 is 1.88 bits per heavy atom. The Labute approximate surface area is 197 Å². The monoisotopic (exact) mass is 482 g/mol. The summed E-state index contributed by atoms with van der Waals surface area (Å²) in [5.41, 5.74) is 2.30. The molecule has 4 rings (SSSR count). The largest absolute Gasteiger partial charge is 0.447 e. The summed E-state index contributed by atoms with van der Waals surface area (Å²) in [6, 6.07) is 4.20. The quantitative estimate of drug-likeness (QED) is 0.654. The molecule has 0 bridgehead atoms. The summed E-state index contributed by atoms with van der Waals surface area (Å²) >= 11 is 6.34. The highest BCUT2D eigenvalue weighted by molar-refractivity contribution is 6.34. The molecule has 2 aliphatic heterocycles. The third kappa shape index (κ3) is 4.47. The maximum atomic E-state index is 14.8. The van der Waals surface area contributed by atoms with Crippen LogP contribution in [0.25, 0.3) is 0 Å². The number of benzene rings is 1. The maximum absolute atomic E-state index is 14.8. The van der Waals surface area contributed by atoms with E-state index in [1.807, 2.05) is 20.0 Å². The molecule has 0 saturated carbocycles. The van der Waals surface area contributed by atoms with Crippen molar-refractivity contribution in [2.75, 3.05) is 42.6 Å². The van der Waals surface area contributed by atoms with Gasteiger partial charge >= 0.3 is 6.09 Å². The Balaban J connectivity index is 0.00000289. The summed E-state index contributed by atoms with van der Waals surface area (Å²) < 4.78 is 19.8. The topological polar surface area (TPSA) is 66.0 Å². The summed E-state index contributed by atoms with van der Waals surface area (Å²) in [5.74, 6) is -0.102. The lowest BCUT2D eigenvalue weighted by atomic mass is 10.1. The van der Waals surface area contributed by atoms with Gasteiger partial charge in [-0.25, -0.2) is 14.2 Å². The number of hydrogen-bond donors (Lipinski definition) is 0. The first kappa shape index (κ1) is 24.1. The van der Waals surface area contributed by atoms with Gasteiger partial charge in [0.15, 0.2) is 0 Å². The zero-order valence-electron chi connectivity index (χ0n) is 18.1. The van der Waals surface area contributed by atoms with Crippen molar-refractivity contribution in [3.05, 3.63) is 51.9 Å². The second-order valence-electron chi connectivity index (χ2n) is 8.01. The maximum Gasteiger partial charge on any atom is 0.414 e. The van der Waals surface area contributed by atoms with E-state index < -0.39 is 11.9 Å². The lowest BCUT2D eigenvalue weighted by Gasteiger charge is -2.36. The van der Waals surface area contributed by atoms with E-state index in [2.05, 4.69) is 16.0 Å². The standard InChI is InChI=1S/C22H24ClFN4O3.ClH/c1-13-8-14(2)20(25-11-13)26-4-6-27(7-5-26)21(29)16-9-18(24)19(10-17(16)23)28-15(3)12-31-22(28)30;/h8-11,15H,4-7,12H2,1-3H3;1H. The van der Waals surface area contributed by atoms with Gasteiger partial charge in [-0.3, -0.25) is 9.69 Å². The number of carbonyl (C=O) groups excluding carboxylic acids is 2. The zero-order chi connectivity index (χ0) is 22.3. The predicted octanol–water partition coefficient (Wildman–Crippen LogP) is 4.22. The van der Waals surface area contributed by atoms with Crippen LogP contribution in [0.1, 0.15) is 28.4 Å². The number of cyclic esters (lactones) is 1. The van der Waals surface area contributed by atoms with Crippen LogP contribution in [0.4, 0.5) is 20.7 Å². The molecule has 0 spiro atoms. The molecule has 2 saturated heterocycles. The summed E-state index contributed by atoms with van der Waals surface area (Å²) in [5, 5.41) is 0.103. The molecule has 2 aromatic rings. The number of halogens is 3. The van der Waals surface area contributed by atoms with Crippen LogP contribution in [0.3, 0.4) is 0 Å². The zero-order valence-corrected chi connectivity index (χ0v) is 19.7. The van der Waals surface area contributed by atoms with Gasteiger partial charge in [-0.2, -0.15) is 0 Å². The number of rotatable bonds is 3. The molecule has 1 aromatic heterocycles. The Kier molecular flexibility index (Phi) is 7.15. The molecule has 2 fully saturated rings. The first-order valence-electron chi connectivity index (χ1n) is 10.2. The second-order valence-corrected chi connectivity index (χ2v) is 8.42. The second kappa shape index (κ2) is 9.50. The van der Waals surface area contributed by atoms with Crippen molar-refractivity contribution in [2.45, 2.75) is 26.8 Å². The Morgan fingerprint density at radius 3 is 2.47 bits per heavy atom. The molecule has 3 heterocycles. The number of carbonyl (C=O) groups is 2. The van der Waals surface area contributed by atoms with Crippen LogP contribution in [0.15, 0.2) is 24.4 Å². The van der Waals surface area contributed by atoms with Crippen molar-refractivity contribution in [1.82, 2.24) is 9.88 Å². The summed E-state index contributed by atoms with van der Waals surface area (Å²) in [6.07, 6.45) is 1.21. The van der Waals surface area contributed by atoms with E-state index in [1.54, 1.807) is 11.8 Å². The smallest absolute Gasteiger partial charge is 0.414 e.